The second-order valence-electron chi connectivity index (χ2n) is 4.19. The van der Waals surface area contributed by atoms with Gasteiger partial charge in [-0.1, -0.05) is 0 Å². The van der Waals surface area contributed by atoms with Crippen molar-refractivity contribution in [2.75, 3.05) is 19.7 Å². The molecule has 1 amide bonds. The lowest BCUT2D eigenvalue weighted by atomic mass is 9.98. The van der Waals surface area contributed by atoms with Crippen LogP contribution in [0.3, 0.4) is 0 Å². The number of amides is 1. The van der Waals surface area contributed by atoms with Crippen LogP contribution in [-0.4, -0.2) is 53.6 Å². The lowest BCUT2D eigenvalue weighted by molar-refractivity contribution is -0.152. The number of nitrogens with zero attached hydrogens (tertiary/aromatic N) is 1. The smallest absolute Gasteiger partial charge is 0.332 e. The number of nitrogens with two attached hydrogens (primary N) is 1. The van der Waals surface area contributed by atoms with Crippen LogP contribution in [0.2, 0.25) is 0 Å². The summed E-state index contributed by atoms with van der Waals surface area (Å²) in [5.41, 5.74) is 5.49. The number of likely N-dealkylation sites (tertiary alicyclic amines) is 1. The minimum atomic E-state index is -1.36. The van der Waals surface area contributed by atoms with E-state index in [1.807, 2.05) is 0 Å². The number of carbonyl (C=O) groups is 3. The summed E-state index contributed by atoms with van der Waals surface area (Å²) in [6, 6.07) is -1.36. The molecule has 0 saturated carbocycles. The number of carboxylic acids is 1. The van der Waals surface area contributed by atoms with Gasteiger partial charge in [-0.25, -0.2) is 4.79 Å². The van der Waals surface area contributed by atoms with Crippen LogP contribution in [-0.2, 0) is 19.1 Å². The Bertz CT molecular complexity index is 344. The molecule has 1 fully saturated rings. The Morgan fingerprint density at radius 1 is 1.50 bits per heavy atom. The fourth-order valence-corrected chi connectivity index (χ4v) is 1.91. The summed E-state index contributed by atoms with van der Waals surface area (Å²) >= 11 is 0. The Morgan fingerprint density at radius 3 is 2.72 bits per heavy atom. The van der Waals surface area contributed by atoms with Gasteiger partial charge in [0.15, 0.2) is 6.04 Å². The van der Waals surface area contributed by atoms with Crippen LogP contribution in [0.25, 0.3) is 0 Å². The number of hydrogen-bond donors (Lipinski definition) is 2. The molecule has 0 aromatic heterocycles. The molecular weight excluding hydrogens is 240 g/mol. The summed E-state index contributed by atoms with van der Waals surface area (Å²) in [5.74, 6) is -2.87. The standard InChI is InChI=1S/C11H18N2O5/c1-2-18-11(17)8(12)9(14)13-5-3-4-7(6-13)10(15)16/h7-8H,2-6,12H2,1H3,(H,15,16). The second-order valence-corrected chi connectivity index (χ2v) is 4.19. The molecule has 0 bridgehead atoms. The van der Waals surface area contributed by atoms with Crippen molar-refractivity contribution in [2.45, 2.75) is 25.8 Å². The molecule has 0 aliphatic carbocycles. The first-order valence-electron chi connectivity index (χ1n) is 5.91. The minimum Gasteiger partial charge on any atom is -0.481 e. The van der Waals surface area contributed by atoms with Crippen molar-refractivity contribution in [3.8, 4) is 0 Å². The average molecular weight is 258 g/mol. The van der Waals surface area contributed by atoms with Gasteiger partial charge in [0.2, 0.25) is 0 Å². The quantitative estimate of drug-likeness (QED) is 0.504. The van der Waals surface area contributed by atoms with E-state index in [9.17, 15) is 14.4 Å². The van der Waals surface area contributed by atoms with Gasteiger partial charge in [0.05, 0.1) is 12.5 Å². The largest absolute Gasteiger partial charge is 0.481 e. The number of rotatable bonds is 4. The molecule has 102 valence electrons. The normalized spacial score (nSPS) is 21.2. The SMILES string of the molecule is CCOC(=O)C(N)C(=O)N1CCCC(C(=O)O)C1. The first-order valence-corrected chi connectivity index (χ1v) is 5.91. The van der Waals surface area contributed by atoms with Crippen LogP contribution >= 0.6 is 0 Å². The zero-order valence-corrected chi connectivity index (χ0v) is 10.3. The van der Waals surface area contributed by atoms with Crippen LogP contribution in [0.1, 0.15) is 19.8 Å². The van der Waals surface area contributed by atoms with Gasteiger partial charge in [-0.05, 0) is 19.8 Å². The van der Waals surface area contributed by atoms with Crippen molar-refractivity contribution in [1.82, 2.24) is 4.90 Å². The van der Waals surface area contributed by atoms with Gasteiger partial charge < -0.3 is 20.5 Å². The van der Waals surface area contributed by atoms with E-state index in [4.69, 9.17) is 10.8 Å². The van der Waals surface area contributed by atoms with Gasteiger partial charge in [-0.15, -0.1) is 0 Å². The highest BCUT2D eigenvalue weighted by atomic mass is 16.5. The summed E-state index contributed by atoms with van der Waals surface area (Å²) in [6.07, 6.45) is 1.13. The van der Waals surface area contributed by atoms with Gasteiger partial charge in [-0.3, -0.25) is 9.59 Å². The van der Waals surface area contributed by atoms with Crippen molar-refractivity contribution < 1.29 is 24.2 Å². The molecule has 1 saturated heterocycles. The van der Waals surface area contributed by atoms with E-state index in [1.165, 1.54) is 4.90 Å². The Kier molecular flexibility index (Phi) is 5.08. The Labute approximate surface area is 105 Å². The molecule has 18 heavy (non-hydrogen) atoms. The van der Waals surface area contributed by atoms with E-state index in [-0.39, 0.29) is 13.2 Å². The molecule has 0 radical (unpaired) electrons. The molecule has 0 aromatic rings. The third kappa shape index (κ3) is 3.43. The second kappa shape index (κ2) is 6.34. The highest BCUT2D eigenvalue weighted by Crippen LogP contribution is 2.17. The van der Waals surface area contributed by atoms with Gasteiger partial charge in [-0.2, -0.15) is 0 Å². The van der Waals surface area contributed by atoms with Crippen LogP contribution in [0.5, 0.6) is 0 Å². The highest BCUT2D eigenvalue weighted by Gasteiger charge is 2.33. The summed E-state index contributed by atoms with van der Waals surface area (Å²) in [7, 11) is 0. The van der Waals surface area contributed by atoms with E-state index >= 15 is 0 Å². The fraction of sp³-hybridized carbons (Fsp3) is 0.727. The zero-order valence-electron chi connectivity index (χ0n) is 10.3. The summed E-state index contributed by atoms with van der Waals surface area (Å²) in [6.45, 7) is 2.30. The number of piperidine rings is 1. The first-order chi connectivity index (χ1) is 8.47. The maximum Gasteiger partial charge on any atom is 0.332 e. The molecule has 3 N–H and O–H groups in total. The van der Waals surface area contributed by atoms with Gasteiger partial charge in [0.1, 0.15) is 0 Å². The topological polar surface area (TPSA) is 110 Å². The van der Waals surface area contributed by atoms with Crippen molar-refractivity contribution in [1.29, 1.82) is 0 Å². The van der Waals surface area contributed by atoms with E-state index in [2.05, 4.69) is 4.74 Å². The number of aliphatic carboxylic acids is 1. The lowest BCUT2D eigenvalue weighted by Crippen LogP contribution is -2.52. The number of ether oxygens (including phenoxy) is 1. The summed E-state index contributed by atoms with van der Waals surface area (Å²) < 4.78 is 4.66. The molecule has 1 rings (SSSR count). The van der Waals surface area contributed by atoms with Gasteiger partial charge >= 0.3 is 11.9 Å². The number of carboxylic acid groups (broad SMARTS) is 1. The number of carbonyl (C=O) groups excluding carboxylic acids is 2. The van der Waals surface area contributed by atoms with Crippen molar-refractivity contribution in [3.05, 3.63) is 0 Å². The predicted octanol–water partition coefficient (Wildman–Crippen LogP) is -0.800. The Morgan fingerprint density at radius 2 is 2.17 bits per heavy atom. The van der Waals surface area contributed by atoms with Crippen LogP contribution in [0.15, 0.2) is 0 Å². The molecule has 1 heterocycles. The van der Waals surface area contributed by atoms with E-state index in [0.29, 0.717) is 19.4 Å². The summed E-state index contributed by atoms with van der Waals surface area (Å²) in [4.78, 5) is 35.4. The van der Waals surface area contributed by atoms with Crippen molar-refractivity contribution in [3.63, 3.8) is 0 Å². The third-order valence-corrected chi connectivity index (χ3v) is 2.89. The van der Waals surface area contributed by atoms with Gasteiger partial charge in [0.25, 0.3) is 5.91 Å². The maximum absolute atomic E-state index is 11.9. The molecule has 2 unspecified atom stereocenters. The molecule has 2 atom stereocenters. The lowest BCUT2D eigenvalue weighted by Gasteiger charge is -2.31. The molecule has 1 aliphatic heterocycles. The number of hydrogen-bond acceptors (Lipinski definition) is 5. The average Bonchev–Trinajstić information content (AvgIpc) is 2.37. The first kappa shape index (κ1) is 14.4. The Hall–Kier alpha value is -1.63. The van der Waals surface area contributed by atoms with E-state index < -0.39 is 29.8 Å². The molecule has 0 spiro atoms. The van der Waals surface area contributed by atoms with Crippen LogP contribution in [0.4, 0.5) is 0 Å². The van der Waals surface area contributed by atoms with Crippen molar-refractivity contribution in [2.24, 2.45) is 11.7 Å². The molecule has 1 aliphatic rings. The van der Waals surface area contributed by atoms with Crippen LogP contribution in [0, 0.1) is 5.92 Å². The van der Waals surface area contributed by atoms with Crippen molar-refractivity contribution >= 4 is 17.8 Å². The molecule has 7 heteroatoms. The van der Waals surface area contributed by atoms with Crippen LogP contribution < -0.4 is 5.73 Å². The fourth-order valence-electron chi connectivity index (χ4n) is 1.91. The zero-order chi connectivity index (χ0) is 13.7. The minimum absolute atomic E-state index is 0.0985. The monoisotopic (exact) mass is 258 g/mol. The number of esters is 1. The van der Waals surface area contributed by atoms with E-state index in [1.54, 1.807) is 6.92 Å². The third-order valence-electron chi connectivity index (χ3n) is 2.89. The Balaban J connectivity index is 2.60. The van der Waals surface area contributed by atoms with Gasteiger partial charge in [0, 0.05) is 13.1 Å². The molecule has 7 nitrogen and oxygen atoms in total. The summed E-state index contributed by atoms with van der Waals surface area (Å²) in [5, 5.41) is 8.91. The molecular formula is C11H18N2O5. The van der Waals surface area contributed by atoms with E-state index in [0.717, 1.165) is 0 Å². The maximum atomic E-state index is 11.9. The predicted molar refractivity (Wildman–Crippen MR) is 61.5 cm³/mol. The highest BCUT2D eigenvalue weighted by molar-refractivity contribution is 6.01. The molecule has 0 aromatic carbocycles.